The third kappa shape index (κ3) is 3.33. The van der Waals surface area contributed by atoms with E-state index in [0.717, 1.165) is 4.31 Å². The molecule has 5 nitrogen and oxygen atoms in total. The number of benzene rings is 2. The highest BCUT2D eigenvalue weighted by atomic mass is 32.2. The molecule has 0 aliphatic heterocycles. The maximum atomic E-state index is 12.5. The Kier molecular flexibility index (Phi) is 4.15. The largest absolute Gasteiger partial charge is 0.399 e. The summed E-state index contributed by atoms with van der Waals surface area (Å²) in [6, 6.07) is 15.3. The lowest BCUT2D eigenvalue weighted by Crippen LogP contribution is -2.28. The van der Waals surface area contributed by atoms with Gasteiger partial charge in [-0.15, -0.1) is 0 Å². The molecule has 2 aromatic rings. The van der Waals surface area contributed by atoms with Crippen LogP contribution < -0.4 is 10.0 Å². The Morgan fingerprint density at radius 3 is 2.57 bits per heavy atom. The van der Waals surface area contributed by atoms with E-state index in [0.29, 0.717) is 22.5 Å². The van der Waals surface area contributed by atoms with Gasteiger partial charge >= 0.3 is 0 Å². The number of para-hydroxylation sites is 1. The van der Waals surface area contributed by atoms with Crippen molar-refractivity contribution in [1.29, 1.82) is 5.26 Å². The average Bonchev–Trinajstić information content (AvgIpc) is 2.46. The minimum Gasteiger partial charge on any atom is -0.399 e. The zero-order valence-electron chi connectivity index (χ0n) is 11.5. The Morgan fingerprint density at radius 2 is 1.90 bits per heavy atom. The molecule has 0 aromatic heterocycles. The van der Waals surface area contributed by atoms with E-state index in [4.69, 9.17) is 11.0 Å². The summed E-state index contributed by atoms with van der Waals surface area (Å²) in [7, 11) is -2.15. The van der Waals surface area contributed by atoms with Crippen LogP contribution in [0.2, 0.25) is 0 Å². The van der Waals surface area contributed by atoms with Gasteiger partial charge in [0.25, 0.3) is 0 Å². The second-order valence-corrected chi connectivity index (χ2v) is 6.60. The van der Waals surface area contributed by atoms with E-state index in [-0.39, 0.29) is 5.75 Å². The molecule has 0 saturated carbocycles. The number of sulfonamides is 1. The minimum atomic E-state index is -3.59. The highest BCUT2D eigenvalue weighted by molar-refractivity contribution is 7.92. The number of nitrogens with two attached hydrogens (primary N) is 1. The van der Waals surface area contributed by atoms with Crippen molar-refractivity contribution in [3.63, 3.8) is 0 Å². The summed E-state index contributed by atoms with van der Waals surface area (Å²) in [5, 5.41) is 9.07. The van der Waals surface area contributed by atoms with Crippen LogP contribution in [0.3, 0.4) is 0 Å². The molecular formula is C15H15N3O2S. The molecule has 0 amide bonds. The van der Waals surface area contributed by atoms with Gasteiger partial charge in [0.1, 0.15) is 6.07 Å². The van der Waals surface area contributed by atoms with Gasteiger partial charge in [-0.2, -0.15) is 5.26 Å². The maximum absolute atomic E-state index is 12.5. The van der Waals surface area contributed by atoms with E-state index < -0.39 is 10.0 Å². The molecule has 21 heavy (non-hydrogen) atoms. The smallest absolute Gasteiger partial charge is 0.239 e. The van der Waals surface area contributed by atoms with Gasteiger partial charge in [-0.05, 0) is 29.8 Å². The van der Waals surface area contributed by atoms with Crippen molar-refractivity contribution in [2.75, 3.05) is 17.1 Å². The molecule has 108 valence electrons. The summed E-state index contributed by atoms with van der Waals surface area (Å²) in [4.78, 5) is 0. The molecule has 6 heteroatoms. The van der Waals surface area contributed by atoms with Gasteiger partial charge in [0.15, 0.2) is 0 Å². The molecule has 2 rings (SSSR count). The number of hydrogen-bond donors (Lipinski definition) is 1. The zero-order chi connectivity index (χ0) is 15.5. The molecule has 0 radical (unpaired) electrons. The predicted octanol–water partition coefficient (Wildman–Crippen LogP) is 2.11. The molecule has 0 unspecified atom stereocenters. The summed E-state index contributed by atoms with van der Waals surface area (Å²) in [6.45, 7) is 0. The van der Waals surface area contributed by atoms with Crippen molar-refractivity contribution in [3.8, 4) is 6.07 Å². The summed E-state index contributed by atoms with van der Waals surface area (Å²) in [5.41, 5.74) is 7.46. The van der Waals surface area contributed by atoms with Gasteiger partial charge in [0.2, 0.25) is 10.0 Å². The fourth-order valence-electron chi connectivity index (χ4n) is 1.98. The third-order valence-corrected chi connectivity index (χ3v) is 4.81. The third-order valence-electron chi connectivity index (χ3n) is 3.08. The van der Waals surface area contributed by atoms with Crippen LogP contribution in [0.4, 0.5) is 11.4 Å². The van der Waals surface area contributed by atoms with Crippen LogP contribution in [-0.2, 0) is 15.8 Å². The monoisotopic (exact) mass is 301 g/mol. The molecular weight excluding hydrogens is 286 g/mol. The first-order valence-corrected chi connectivity index (χ1v) is 7.85. The normalized spacial score (nSPS) is 10.9. The van der Waals surface area contributed by atoms with Gasteiger partial charge in [0.05, 0.1) is 17.0 Å². The molecule has 0 heterocycles. The Hall–Kier alpha value is -2.52. The van der Waals surface area contributed by atoms with E-state index >= 15 is 0 Å². The Labute approximate surface area is 124 Å². The Bertz CT molecular complexity index is 795. The quantitative estimate of drug-likeness (QED) is 0.876. The van der Waals surface area contributed by atoms with E-state index in [1.807, 2.05) is 6.07 Å². The molecule has 0 aliphatic rings. The maximum Gasteiger partial charge on any atom is 0.239 e. The molecule has 0 bridgehead atoms. The van der Waals surface area contributed by atoms with Gasteiger partial charge in [0, 0.05) is 12.7 Å². The Balaban J connectivity index is 2.33. The van der Waals surface area contributed by atoms with Crippen LogP contribution in [0.15, 0.2) is 48.5 Å². The van der Waals surface area contributed by atoms with Crippen molar-refractivity contribution >= 4 is 21.4 Å². The van der Waals surface area contributed by atoms with Crippen molar-refractivity contribution in [2.24, 2.45) is 0 Å². The summed E-state index contributed by atoms with van der Waals surface area (Å²) < 4.78 is 26.0. The first-order valence-electron chi connectivity index (χ1n) is 6.24. The van der Waals surface area contributed by atoms with Gasteiger partial charge in [-0.25, -0.2) is 8.42 Å². The van der Waals surface area contributed by atoms with E-state index in [1.54, 1.807) is 48.5 Å². The van der Waals surface area contributed by atoms with E-state index in [1.165, 1.54) is 7.05 Å². The molecule has 0 saturated heterocycles. The molecule has 2 aromatic carbocycles. The van der Waals surface area contributed by atoms with Crippen LogP contribution in [0, 0.1) is 11.3 Å². The number of nitriles is 1. The molecule has 0 fully saturated rings. The first kappa shape index (κ1) is 14.9. The predicted molar refractivity (Wildman–Crippen MR) is 83.0 cm³/mol. The fraction of sp³-hybridized carbons (Fsp3) is 0.133. The average molecular weight is 301 g/mol. The zero-order valence-corrected chi connectivity index (χ0v) is 12.3. The molecule has 0 aliphatic carbocycles. The van der Waals surface area contributed by atoms with Gasteiger partial charge in [-0.1, -0.05) is 24.3 Å². The van der Waals surface area contributed by atoms with Gasteiger partial charge in [-0.3, -0.25) is 4.31 Å². The summed E-state index contributed by atoms with van der Waals surface area (Å²) in [6.07, 6.45) is 0. The van der Waals surface area contributed by atoms with Crippen molar-refractivity contribution in [1.82, 2.24) is 0 Å². The fourth-order valence-corrected chi connectivity index (χ4v) is 3.24. The lowest BCUT2D eigenvalue weighted by molar-refractivity contribution is 0.593. The summed E-state index contributed by atoms with van der Waals surface area (Å²) >= 11 is 0. The van der Waals surface area contributed by atoms with Gasteiger partial charge < -0.3 is 5.73 Å². The number of nitrogen functional groups attached to an aromatic ring is 1. The van der Waals surface area contributed by atoms with Crippen LogP contribution >= 0.6 is 0 Å². The number of rotatable bonds is 4. The topological polar surface area (TPSA) is 87.2 Å². The lowest BCUT2D eigenvalue weighted by atomic mass is 10.2. The first-order chi connectivity index (χ1) is 9.94. The van der Waals surface area contributed by atoms with E-state index in [9.17, 15) is 8.42 Å². The lowest BCUT2D eigenvalue weighted by Gasteiger charge is -2.20. The minimum absolute atomic E-state index is 0.172. The summed E-state index contributed by atoms with van der Waals surface area (Å²) in [5.74, 6) is -0.172. The number of hydrogen-bond acceptors (Lipinski definition) is 4. The van der Waals surface area contributed by atoms with Crippen LogP contribution in [0.1, 0.15) is 11.1 Å². The SMILES string of the molecule is CN(c1ccccc1C#N)S(=O)(=O)Cc1cccc(N)c1. The number of nitrogens with zero attached hydrogens (tertiary/aromatic N) is 2. The molecule has 0 atom stereocenters. The van der Waals surface area contributed by atoms with E-state index in [2.05, 4.69) is 0 Å². The second-order valence-electron chi connectivity index (χ2n) is 4.60. The number of anilines is 2. The van der Waals surface area contributed by atoms with Crippen LogP contribution in [0.25, 0.3) is 0 Å². The standard InChI is InChI=1S/C15H15N3O2S/c1-18(15-8-3-2-6-13(15)10-16)21(19,20)11-12-5-4-7-14(17)9-12/h2-9H,11,17H2,1H3. The second kappa shape index (κ2) is 5.85. The van der Waals surface area contributed by atoms with Crippen molar-refractivity contribution in [2.45, 2.75) is 5.75 Å². The van der Waals surface area contributed by atoms with Crippen LogP contribution in [0.5, 0.6) is 0 Å². The van der Waals surface area contributed by atoms with Crippen LogP contribution in [-0.4, -0.2) is 15.5 Å². The molecule has 0 spiro atoms. The molecule has 2 N–H and O–H groups in total. The highest BCUT2D eigenvalue weighted by Gasteiger charge is 2.21. The van der Waals surface area contributed by atoms with Crippen molar-refractivity contribution in [3.05, 3.63) is 59.7 Å². The highest BCUT2D eigenvalue weighted by Crippen LogP contribution is 2.23. The van der Waals surface area contributed by atoms with Crippen molar-refractivity contribution < 1.29 is 8.42 Å². The Morgan fingerprint density at radius 1 is 1.19 bits per heavy atom.